The van der Waals surface area contributed by atoms with Crippen molar-refractivity contribution in [3.63, 3.8) is 0 Å². The standard InChI is InChI=1S/C11H13ClN2O3/c12-9-8(3-5-17-9)11(16)14-4-1-2-7(6-14)10(13)15/h3,5,7H,1-2,4,6H2,(H2,13,15). The Morgan fingerprint density at radius 3 is 2.88 bits per heavy atom. The summed E-state index contributed by atoms with van der Waals surface area (Å²) in [6.45, 7) is 0.972. The van der Waals surface area contributed by atoms with Gasteiger partial charge in [-0.05, 0) is 30.5 Å². The third-order valence-corrected chi connectivity index (χ3v) is 3.25. The second-order valence-corrected chi connectivity index (χ2v) is 4.44. The summed E-state index contributed by atoms with van der Waals surface area (Å²) in [7, 11) is 0. The summed E-state index contributed by atoms with van der Waals surface area (Å²) in [6, 6.07) is 1.53. The van der Waals surface area contributed by atoms with Gasteiger partial charge in [0.2, 0.25) is 11.1 Å². The number of hydrogen-bond donors (Lipinski definition) is 1. The van der Waals surface area contributed by atoms with E-state index in [9.17, 15) is 9.59 Å². The number of primary amides is 1. The van der Waals surface area contributed by atoms with Crippen LogP contribution in [0.25, 0.3) is 0 Å². The van der Waals surface area contributed by atoms with Crippen molar-refractivity contribution in [2.45, 2.75) is 12.8 Å². The molecule has 2 N–H and O–H groups in total. The highest BCUT2D eigenvalue weighted by atomic mass is 35.5. The van der Waals surface area contributed by atoms with E-state index in [-0.39, 0.29) is 23.0 Å². The molecule has 0 bridgehead atoms. The normalized spacial score (nSPS) is 20.3. The Hall–Kier alpha value is -1.49. The number of hydrogen-bond acceptors (Lipinski definition) is 3. The average Bonchev–Trinajstić information content (AvgIpc) is 2.74. The van der Waals surface area contributed by atoms with Gasteiger partial charge in [0, 0.05) is 13.1 Å². The lowest BCUT2D eigenvalue weighted by atomic mass is 9.97. The summed E-state index contributed by atoms with van der Waals surface area (Å²) in [5.41, 5.74) is 5.59. The molecule has 0 aliphatic carbocycles. The summed E-state index contributed by atoms with van der Waals surface area (Å²) in [5.74, 6) is -0.839. The fourth-order valence-corrected chi connectivity index (χ4v) is 2.21. The topological polar surface area (TPSA) is 76.5 Å². The van der Waals surface area contributed by atoms with Crippen molar-refractivity contribution in [2.75, 3.05) is 13.1 Å². The largest absolute Gasteiger partial charge is 0.452 e. The number of nitrogens with zero attached hydrogens (tertiary/aromatic N) is 1. The van der Waals surface area contributed by atoms with Crippen LogP contribution in [0.5, 0.6) is 0 Å². The van der Waals surface area contributed by atoms with Crippen LogP contribution in [-0.2, 0) is 4.79 Å². The molecule has 1 aliphatic heterocycles. The molecule has 17 heavy (non-hydrogen) atoms. The Balaban J connectivity index is 2.10. The van der Waals surface area contributed by atoms with Gasteiger partial charge in [-0.3, -0.25) is 9.59 Å². The summed E-state index contributed by atoms with van der Waals surface area (Å²) >= 11 is 5.75. The first-order chi connectivity index (χ1) is 8.09. The zero-order valence-corrected chi connectivity index (χ0v) is 9.94. The van der Waals surface area contributed by atoms with Crippen LogP contribution < -0.4 is 5.73 Å². The van der Waals surface area contributed by atoms with E-state index in [0.717, 1.165) is 12.8 Å². The Kier molecular flexibility index (Phi) is 3.38. The molecule has 0 radical (unpaired) electrons. The number of likely N-dealkylation sites (tertiary alicyclic amines) is 1. The third kappa shape index (κ3) is 2.44. The Bertz CT molecular complexity index is 444. The van der Waals surface area contributed by atoms with Crippen LogP contribution in [0.4, 0.5) is 0 Å². The molecule has 1 atom stereocenters. The number of nitrogens with two attached hydrogens (primary N) is 1. The molecule has 6 heteroatoms. The highest BCUT2D eigenvalue weighted by Crippen LogP contribution is 2.22. The van der Waals surface area contributed by atoms with Crippen molar-refractivity contribution in [1.29, 1.82) is 0 Å². The molecule has 1 aromatic rings. The quantitative estimate of drug-likeness (QED) is 0.866. The zero-order valence-electron chi connectivity index (χ0n) is 9.19. The molecular weight excluding hydrogens is 244 g/mol. The van der Waals surface area contributed by atoms with E-state index in [0.29, 0.717) is 18.7 Å². The lowest BCUT2D eigenvalue weighted by Crippen LogP contribution is -2.44. The van der Waals surface area contributed by atoms with Gasteiger partial charge in [-0.2, -0.15) is 0 Å². The minimum Gasteiger partial charge on any atom is -0.452 e. The van der Waals surface area contributed by atoms with E-state index < -0.39 is 0 Å². The second kappa shape index (κ2) is 4.79. The van der Waals surface area contributed by atoms with Gasteiger partial charge >= 0.3 is 0 Å². The van der Waals surface area contributed by atoms with Gasteiger partial charge in [0.25, 0.3) is 5.91 Å². The minimum atomic E-state index is -0.360. The second-order valence-electron chi connectivity index (χ2n) is 4.10. The van der Waals surface area contributed by atoms with Crippen molar-refractivity contribution >= 4 is 23.4 Å². The smallest absolute Gasteiger partial charge is 0.258 e. The van der Waals surface area contributed by atoms with Crippen molar-refractivity contribution in [1.82, 2.24) is 4.90 Å². The highest BCUT2D eigenvalue weighted by Gasteiger charge is 2.28. The molecule has 1 aliphatic rings. The number of carbonyl (C=O) groups excluding carboxylic acids is 2. The van der Waals surface area contributed by atoms with Crippen LogP contribution in [0.15, 0.2) is 16.7 Å². The first kappa shape index (κ1) is 12.0. The van der Waals surface area contributed by atoms with Crippen molar-refractivity contribution in [2.24, 2.45) is 11.7 Å². The molecular formula is C11H13ClN2O3. The van der Waals surface area contributed by atoms with Gasteiger partial charge < -0.3 is 15.1 Å². The summed E-state index contributed by atoms with van der Waals surface area (Å²) in [6.07, 6.45) is 2.87. The van der Waals surface area contributed by atoms with E-state index in [1.165, 1.54) is 12.3 Å². The highest BCUT2D eigenvalue weighted by molar-refractivity contribution is 6.32. The van der Waals surface area contributed by atoms with Crippen LogP contribution in [-0.4, -0.2) is 29.8 Å². The number of carbonyl (C=O) groups is 2. The van der Waals surface area contributed by atoms with E-state index in [1.54, 1.807) is 4.90 Å². The van der Waals surface area contributed by atoms with Crippen molar-refractivity contribution in [3.05, 3.63) is 23.1 Å². The predicted octanol–water partition coefficient (Wildman–Crippen LogP) is 1.27. The molecule has 2 rings (SSSR count). The van der Waals surface area contributed by atoms with E-state index in [4.69, 9.17) is 21.8 Å². The molecule has 92 valence electrons. The lowest BCUT2D eigenvalue weighted by Gasteiger charge is -2.30. The van der Waals surface area contributed by atoms with Gasteiger partial charge in [-0.15, -0.1) is 0 Å². The number of furan rings is 1. The van der Waals surface area contributed by atoms with Crippen molar-refractivity contribution in [3.8, 4) is 0 Å². The molecule has 5 nitrogen and oxygen atoms in total. The Morgan fingerprint density at radius 1 is 1.53 bits per heavy atom. The van der Waals surface area contributed by atoms with E-state index in [1.807, 2.05) is 0 Å². The summed E-state index contributed by atoms with van der Waals surface area (Å²) in [4.78, 5) is 24.8. The molecule has 2 amide bonds. The van der Waals surface area contributed by atoms with Gasteiger partial charge in [0.15, 0.2) is 0 Å². The average molecular weight is 257 g/mol. The molecule has 1 saturated heterocycles. The molecule has 0 aromatic carbocycles. The summed E-state index contributed by atoms with van der Waals surface area (Å²) in [5, 5.41) is 0.0798. The minimum absolute atomic E-state index is 0.0798. The molecule has 1 fully saturated rings. The number of rotatable bonds is 2. The Labute approximate surface area is 104 Å². The molecule has 2 heterocycles. The van der Waals surface area contributed by atoms with Gasteiger partial charge in [0.1, 0.15) is 0 Å². The van der Waals surface area contributed by atoms with Crippen LogP contribution in [0.1, 0.15) is 23.2 Å². The number of amides is 2. The first-order valence-corrected chi connectivity index (χ1v) is 5.79. The number of halogens is 1. The van der Waals surface area contributed by atoms with Gasteiger partial charge in [0.05, 0.1) is 17.7 Å². The Morgan fingerprint density at radius 2 is 2.29 bits per heavy atom. The predicted molar refractivity (Wildman–Crippen MR) is 61.5 cm³/mol. The van der Waals surface area contributed by atoms with Crippen LogP contribution in [0.3, 0.4) is 0 Å². The van der Waals surface area contributed by atoms with Gasteiger partial charge in [-0.1, -0.05) is 0 Å². The fraction of sp³-hybridized carbons (Fsp3) is 0.455. The molecule has 1 aromatic heterocycles. The van der Waals surface area contributed by atoms with E-state index >= 15 is 0 Å². The third-order valence-electron chi connectivity index (χ3n) is 2.96. The zero-order chi connectivity index (χ0) is 12.4. The maximum Gasteiger partial charge on any atom is 0.258 e. The maximum atomic E-state index is 12.1. The summed E-state index contributed by atoms with van der Waals surface area (Å²) < 4.78 is 4.88. The molecule has 0 saturated carbocycles. The fourth-order valence-electron chi connectivity index (χ4n) is 2.01. The first-order valence-electron chi connectivity index (χ1n) is 5.41. The molecule has 1 unspecified atom stereocenters. The van der Waals surface area contributed by atoms with Crippen LogP contribution in [0, 0.1) is 5.92 Å². The monoisotopic (exact) mass is 256 g/mol. The van der Waals surface area contributed by atoms with Gasteiger partial charge in [-0.25, -0.2) is 0 Å². The maximum absolute atomic E-state index is 12.1. The molecule has 0 spiro atoms. The SMILES string of the molecule is NC(=O)C1CCCN(C(=O)c2ccoc2Cl)C1. The van der Waals surface area contributed by atoms with Crippen molar-refractivity contribution < 1.29 is 14.0 Å². The lowest BCUT2D eigenvalue weighted by molar-refractivity contribution is -0.123. The number of piperidine rings is 1. The van der Waals surface area contributed by atoms with E-state index in [2.05, 4.69) is 0 Å². The van der Waals surface area contributed by atoms with Crippen LogP contribution in [0.2, 0.25) is 5.22 Å². The van der Waals surface area contributed by atoms with Crippen LogP contribution >= 0.6 is 11.6 Å².